The van der Waals surface area contributed by atoms with Gasteiger partial charge in [0.1, 0.15) is 28.9 Å². The van der Waals surface area contributed by atoms with E-state index < -0.39 is 0 Å². The first kappa shape index (κ1) is 27.2. The van der Waals surface area contributed by atoms with Crippen LogP contribution in [0.25, 0.3) is 22.4 Å². The molecule has 0 spiro atoms. The van der Waals surface area contributed by atoms with Gasteiger partial charge in [-0.15, -0.1) is 0 Å². The molecular formula is C31H26FN7O2S. The van der Waals surface area contributed by atoms with Gasteiger partial charge in [0.2, 0.25) is 0 Å². The Bertz CT molecular complexity index is 1880. The van der Waals surface area contributed by atoms with Gasteiger partial charge in [0.15, 0.2) is 17.4 Å². The molecule has 210 valence electrons. The van der Waals surface area contributed by atoms with Crippen molar-refractivity contribution in [2.24, 2.45) is 0 Å². The van der Waals surface area contributed by atoms with Crippen LogP contribution in [0.4, 0.5) is 16.0 Å². The summed E-state index contributed by atoms with van der Waals surface area (Å²) in [5, 5.41) is 19.1. The number of fused-ring (bicyclic) bond motifs is 1. The van der Waals surface area contributed by atoms with Crippen molar-refractivity contribution in [1.29, 1.82) is 0 Å². The van der Waals surface area contributed by atoms with Crippen molar-refractivity contribution in [2.45, 2.75) is 30.2 Å². The molecule has 42 heavy (non-hydrogen) atoms. The normalized spacial score (nSPS) is 11.1. The van der Waals surface area contributed by atoms with Crippen LogP contribution in [0, 0.1) is 12.7 Å². The zero-order valence-corrected chi connectivity index (χ0v) is 23.6. The summed E-state index contributed by atoms with van der Waals surface area (Å²) in [4.78, 5) is 19.0. The van der Waals surface area contributed by atoms with E-state index in [4.69, 9.17) is 9.84 Å². The third kappa shape index (κ3) is 5.72. The second kappa shape index (κ2) is 11.8. The van der Waals surface area contributed by atoms with E-state index in [1.54, 1.807) is 23.9 Å². The molecule has 0 amide bonds. The lowest BCUT2D eigenvalue weighted by Crippen LogP contribution is -2.07. The van der Waals surface area contributed by atoms with E-state index in [2.05, 4.69) is 25.3 Å². The van der Waals surface area contributed by atoms with Crippen LogP contribution in [0.2, 0.25) is 0 Å². The Morgan fingerprint density at radius 2 is 1.81 bits per heavy atom. The first-order valence-corrected chi connectivity index (χ1v) is 14.1. The van der Waals surface area contributed by atoms with Gasteiger partial charge in [0.05, 0.1) is 24.9 Å². The van der Waals surface area contributed by atoms with E-state index in [1.807, 2.05) is 67.6 Å². The predicted molar refractivity (Wildman–Crippen MR) is 160 cm³/mol. The van der Waals surface area contributed by atoms with E-state index in [0.29, 0.717) is 41.1 Å². The van der Waals surface area contributed by atoms with Crippen LogP contribution in [-0.4, -0.2) is 41.4 Å². The van der Waals surface area contributed by atoms with E-state index in [-0.39, 0.29) is 23.9 Å². The zero-order valence-electron chi connectivity index (χ0n) is 22.8. The Morgan fingerprint density at radius 3 is 2.62 bits per heavy atom. The number of nitrogens with one attached hydrogen (secondary N) is 1. The molecule has 0 fully saturated rings. The summed E-state index contributed by atoms with van der Waals surface area (Å²) in [6, 6.07) is 22.4. The Balaban J connectivity index is 1.41. The van der Waals surface area contributed by atoms with Gasteiger partial charge in [0, 0.05) is 33.0 Å². The van der Waals surface area contributed by atoms with Gasteiger partial charge >= 0.3 is 0 Å². The number of aryl methyl sites for hydroxylation is 1. The van der Waals surface area contributed by atoms with Crippen molar-refractivity contribution >= 4 is 34.3 Å². The molecule has 6 aromatic rings. The molecular weight excluding hydrogens is 553 g/mol. The zero-order chi connectivity index (χ0) is 29.1. The number of hydrogen-bond donors (Lipinski definition) is 2. The Labute approximate surface area is 245 Å². The third-order valence-electron chi connectivity index (χ3n) is 6.38. The third-order valence-corrected chi connectivity index (χ3v) is 7.47. The summed E-state index contributed by atoms with van der Waals surface area (Å²) in [6.07, 6.45) is 2.93. The fraction of sp³-hybridized carbons (Fsp3) is 0.129. The predicted octanol–water partition coefficient (Wildman–Crippen LogP) is 6.78. The molecule has 0 saturated heterocycles. The largest absolute Gasteiger partial charge is 0.503 e. The van der Waals surface area contributed by atoms with E-state index in [9.17, 15) is 5.11 Å². The molecule has 9 nitrogen and oxygen atoms in total. The molecule has 0 aliphatic carbocycles. The Kier molecular flexibility index (Phi) is 7.65. The number of nitrogens with zero attached hydrogens (tertiary/aromatic N) is 6. The number of aromatic nitrogens is 6. The van der Waals surface area contributed by atoms with Crippen LogP contribution in [0.1, 0.15) is 18.3 Å². The van der Waals surface area contributed by atoms with E-state index in [1.165, 1.54) is 24.0 Å². The highest BCUT2D eigenvalue weighted by molar-refractivity contribution is 7.99. The summed E-state index contributed by atoms with van der Waals surface area (Å²) < 4.78 is 23.1. The number of ether oxygens (including phenoxy) is 1. The van der Waals surface area contributed by atoms with Crippen molar-refractivity contribution in [3.8, 4) is 23.0 Å². The first-order valence-electron chi connectivity index (χ1n) is 13.2. The van der Waals surface area contributed by atoms with Crippen LogP contribution >= 0.6 is 11.8 Å². The van der Waals surface area contributed by atoms with Crippen molar-refractivity contribution in [2.75, 3.05) is 11.9 Å². The fourth-order valence-electron chi connectivity index (χ4n) is 4.49. The number of hydrogen-bond acceptors (Lipinski definition) is 9. The molecule has 11 heteroatoms. The lowest BCUT2D eigenvalue weighted by atomic mass is 10.1. The molecule has 0 aliphatic heterocycles. The SMILES string of the molecule is CCOc1cc(F)c(Cn2nc(-c3ncc(O)c(Nc4ccnc(C)n4)n3)c3ccccc32)c(Sc2ccccc2)c1. The molecule has 0 unspecified atom stereocenters. The highest BCUT2D eigenvalue weighted by Gasteiger charge is 2.20. The summed E-state index contributed by atoms with van der Waals surface area (Å²) in [5.41, 5.74) is 1.77. The second-order valence-corrected chi connectivity index (χ2v) is 10.4. The number of halogens is 1. The van der Waals surface area contributed by atoms with Crippen LogP contribution in [0.3, 0.4) is 0 Å². The maximum absolute atomic E-state index is 15.7. The van der Waals surface area contributed by atoms with Gasteiger partial charge in [-0.3, -0.25) is 4.68 Å². The monoisotopic (exact) mass is 579 g/mol. The standard InChI is InChI=1S/C31H26FN7O2S/c1-3-41-20-15-24(32)23(27(16-20)42-21-9-5-4-6-10-21)18-39-25-12-8-7-11-22(25)29(38-39)31-34-17-26(40)30(37-31)36-28-13-14-33-19(2)35-28/h4-17,40H,3,18H2,1-2H3,(H,33,34,35,36,37). The summed E-state index contributed by atoms with van der Waals surface area (Å²) in [7, 11) is 0. The number of benzene rings is 3. The quantitative estimate of drug-likeness (QED) is 0.191. The van der Waals surface area contributed by atoms with Crippen molar-refractivity contribution in [1.82, 2.24) is 29.7 Å². The minimum absolute atomic E-state index is 0.141. The number of aromatic hydroxyl groups is 1. The molecule has 0 saturated carbocycles. The molecule has 0 atom stereocenters. The summed E-state index contributed by atoms with van der Waals surface area (Å²) >= 11 is 1.47. The van der Waals surface area contributed by atoms with Gasteiger partial charge in [-0.25, -0.2) is 24.3 Å². The molecule has 3 aromatic heterocycles. The molecule has 3 aromatic carbocycles. The molecule has 0 radical (unpaired) electrons. The van der Waals surface area contributed by atoms with Crippen LogP contribution in [0.15, 0.2) is 95.0 Å². The topological polar surface area (TPSA) is 111 Å². The van der Waals surface area contributed by atoms with Crippen molar-refractivity contribution in [3.63, 3.8) is 0 Å². The van der Waals surface area contributed by atoms with E-state index >= 15 is 4.39 Å². The highest BCUT2D eigenvalue weighted by atomic mass is 32.2. The fourth-order valence-corrected chi connectivity index (χ4v) is 5.50. The Morgan fingerprint density at radius 1 is 1.00 bits per heavy atom. The summed E-state index contributed by atoms with van der Waals surface area (Å²) in [5.74, 6) is 1.47. The highest BCUT2D eigenvalue weighted by Crippen LogP contribution is 2.36. The summed E-state index contributed by atoms with van der Waals surface area (Å²) in [6.45, 7) is 4.24. The Hall–Kier alpha value is -5.03. The smallest absolute Gasteiger partial charge is 0.183 e. The van der Waals surface area contributed by atoms with Crippen molar-refractivity contribution in [3.05, 3.63) is 102 Å². The number of anilines is 2. The van der Waals surface area contributed by atoms with Crippen LogP contribution in [0.5, 0.6) is 11.5 Å². The molecule has 0 bridgehead atoms. The van der Waals surface area contributed by atoms with Gasteiger partial charge < -0.3 is 15.2 Å². The first-order chi connectivity index (χ1) is 20.5. The van der Waals surface area contributed by atoms with Gasteiger partial charge in [-0.2, -0.15) is 5.10 Å². The lowest BCUT2D eigenvalue weighted by molar-refractivity contribution is 0.336. The number of para-hydroxylation sites is 1. The van der Waals surface area contributed by atoms with Crippen molar-refractivity contribution < 1.29 is 14.2 Å². The lowest BCUT2D eigenvalue weighted by Gasteiger charge is -2.14. The van der Waals surface area contributed by atoms with Gasteiger partial charge in [0.25, 0.3) is 0 Å². The molecule has 3 heterocycles. The molecule has 0 aliphatic rings. The maximum atomic E-state index is 15.7. The van der Waals surface area contributed by atoms with Crippen LogP contribution in [-0.2, 0) is 6.54 Å². The van der Waals surface area contributed by atoms with Crippen LogP contribution < -0.4 is 10.1 Å². The minimum atomic E-state index is -0.381. The molecule has 2 N–H and O–H groups in total. The average molecular weight is 580 g/mol. The van der Waals surface area contributed by atoms with Gasteiger partial charge in [-0.05, 0) is 44.2 Å². The second-order valence-electron chi connectivity index (χ2n) is 9.29. The maximum Gasteiger partial charge on any atom is 0.183 e. The minimum Gasteiger partial charge on any atom is -0.503 e. The van der Waals surface area contributed by atoms with E-state index in [0.717, 1.165) is 20.7 Å². The van der Waals surface area contributed by atoms with Gasteiger partial charge in [-0.1, -0.05) is 48.2 Å². The average Bonchev–Trinajstić information content (AvgIpc) is 3.35. The molecule has 6 rings (SSSR count). The number of rotatable bonds is 9.